The smallest absolute Gasteiger partial charge is 0.352 e. The summed E-state index contributed by atoms with van der Waals surface area (Å²) in [5.74, 6) is -1.19. The summed E-state index contributed by atoms with van der Waals surface area (Å²) in [5, 5.41) is 31.3. The maximum atomic E-state index is 12.6. The number of carbonyl (C=O) groups is 3. The number of carbonyl (C=O) groups excluding carboxylic acids is 2. The number of fused-ring (bicyclic) bond motifs is 1. The highest BCUT2D eigenvalue weighted by molar-refractivity contribution is 8.01. The van der Waals surface area contributed by atoms with E-state index in [1.54, 1.807) is 0 Å². The van der Waals surface area contributed by atoms with Crippen LogP contribution in [-0.2, 0) is 20.9 Å². The van der Waals surface area contributed by atoms with Crippen LogP contribution in [0.3, 0.4) is 0 Å². The van der Waals surface area contributed by atoms with Crippen molar-refractivity contribution in [3.05, 3.63) is 22.6 Å². The van der Waals surface area contributed by atoms with Crippen LogP contribution in [0, 0.1) is 6.92 Å². The van der Waals surface area contributed by atoms with Crippen molar-refractivity contribution >= 4 is 75.8 Å². The molecule has 0 spiro atoms. The first-order chi connectivity index (χ1) is 15.3. The van der Waals surface area contributed by atoms with Gasteiger partial charge in [0.2, 0.25) is 5.91 Å². The van der Waals surface area contributed by atoms with Gasteiger partial charge in [-0.1, -0.05) is 23.1 Å². The summed E-state index contributed by atoms with van der Waals surface area (Å²) in [5.41, 5.74) is 0.627. The fourth-order valence-electron chi connectivity index (χ4n) is 2.90. The number of halogens is 2. The Labute approximate surface area is 204 Å². The van der Waals surface area contributed by atoms with E-state index in [9.17, 15) is 19.5 Å². The molecule has 2 aliphatic rings. The Morgan fingerprint density at radius 1 is 1.38 bits per heavy atom. The van der Waals surface area contributed by atoms with Gasteiger partial charge in [0, 0.05) is 11.5 Å². The van der Waals surface area contributed by atoms with Gasteiger partial charge in [0.15, 0.2) is 4.34 Å². The summed E-state index contributed by atoms with van der Waals surface area (Å²) in [6.45, 7) is 1.72. The SMILES string of the molecule is Cc1nnc(SCC2=C(C(=O)O)N3C(=O)[C@@H](NC(=O)Cn4cnnn4)[C@H]3SC2)s1.ClCCl. The van der Waals surface area contributed by atoms with Crippen molar-refractivity contribution in [3.63, 3.8) is 0 Å². The zero-order valence-electron chi connectivity index (χ0n) is 16.3. The number of alkyl halides is 2. The van der Waals surface area contributed by atoms with Crippen LogP contribution in [-0.4, -0.2) is 86.5 Å². The lowest BCUT2D eigenvalue weighted by atomic mass is 10.0. The van der Waals surface area contributed by atoms with Crippen LogP contribution in [0.2, 0.25) is 0 Å². The van der Waals surface area contributed by atoms with Crippen LogP contribution < -0.4 is 5.32 Å². The first-order valence-corrected chi connectivity index (χ1v) is 12.7. The topological polar surface area (TPSA) is 156 Å². The number of aryl methyl sites for hydroxylation is 1. The molecule has 17 heteroatoms. The second kappa shape index (κ2) is 11.3. The van der Waals surface area contributed by atoms with Gasteiger partial charge in [-0.3, -0.25) is 14.5 Å². The summed E-state index contributed by atoms with van der Waals surface area (Å²) < 4.78 is 1.98. The zero-order valence-corrected chi connectivity index (χ0v) is 20.3. The molecule has 2 aromatic rings. The predicted octanol–water partition coefficient (Wildman–Crippen LogP) is 0.785. The molecular weight excluding hydrogens is 523 g/mol. The molecule has 32 heavy (non-hydrogen) atoms. The highest BCUT2D eigenvalue weighted by Crippen LogP contribution is 2.41. The summed E-state index contributed by atoms with van der Waals surface area (Å²) in [7, 11) is 0. The number of carboxylic acids is 1. The first kappa shape index (κ1) is 24.7. The Morgan fingerprint density at radius 2 is 2.12 bits per heavy atom. The molecule has 0 bridgehead atoms. The highest BCUT2D eigenvalue weighted by Gasteiger charge is 2.54. The Morgan fingerprint density at radius 3 is 2.72 bits per heavy atom. The molecule has 2 N–H and O–H groups in total. The highest BCUT2D eigenvalue weighted by atomic mass is 35.5. The number of nitrogens with one attached hydrogen (secondary N) is 1. The van der Waals surface area contributed by atoms with Crippen molar-refractivity contribution in [2.24, 2.45) is 0 Å². The molecule has 1 saturated heterocycles. The van der Waals surface area contributed by atoms with E-state index in [1.807, 2.05) is 6.92 Å². The van der Waals surface area contributed by atoms with Gasteiger partial charge in [0.05, 0.1) is 5.34 Å². The second-order valence-electron chi connectivity index (χ2n) is 6.20. The number of hydrogen-bond donors (Lipinski definition) is 2. The van der Waals surface area contributed by atoms with Gasteiger partial charge < -0.3 is 10.4 Å². The second-order valence-corrected chi connectivity index (χ2v) is 10.5. The van der Waals surface area contributed by atoms with E-state index in [0.717, 1.165) is 9.35 Å². The molecule has 2 atom stereocenters. The van der Waals surface area contributed by atoms with Crippen LogP contribution in [0.4, 0.5) is 0 Å². The van der Waals surface area contributed by atoms with E-state index < -0.39 is 29.2 Å². The monoisotopic (exact) mass is 538 g/mol. The van der Waals surface area contributed by atoms with Crippen LogP contribution in [0.1, 0.15) is 5.01 Å². The minimum atomic E-state index is -1.16. The summed E-state index contributed by atoms with van der Waals surface area (Å²) in [6, 6.07) is -0.779. The number of β-lactam (4-membered cyclic amide) rings is 1. The van der Waals surface area contributed by atoms with Crippen molar-refractivity contribution < 1.29 is 19.5 Å². The number of amides is 2. The van der Waals surface area contributed by atoms with Gasteiger partial charge in [-0.2, -0.15) is 0 Å². The molecular formula is C15H16Cl2N8O4S3. The van der Waals surface area contributed by atoms with Crippen molar-refractivity contribution in [1.29, 1.82) is 0 Å². The number of aromatic nitrogens is 6. The van der Waals surface area contributed by atoms with Crippen LogP contribution in [0.25, 0.3) is 0 Å². The molecule has 2 aliphatic heterocycles. The number of thioether (sulfide) groups is 2. The lowest BCUT2D eigenvalue weighted by Crippen LogP contribution is -2.70. The van der Waals surface area contributed by atoms with E-state index in [4.69, 9.17) is 23.2 Å². The summed E-state index contributed by atoms with van der Waals surface area (Å²) >= 11 is 13.8. The maximum absolute atomic E-state index is 12.6. The molecule has 4 rings (SSSR count). The van der Waals surface area contributed by atoms with E-state index in [0.29, 0.717) is 17.1 Å². The Hall–Kier alpha value is -1.94. The summed E-state index contributed by atoms with van der Waals surface area (Å²) in [4.78, 5) is 37.8. The van der Waals surface area contributed by atoms with Crippen molar-refractivity contribution in [2.45, 2.75) is 29.2 Å². The maximum Gasteiger partial charge on any atom is 0.352 e. The van der Waals surface area contributed by atoms with Crippen molar-refractivity contribution in [1.82, 2.24) is 40.6 Å². The predicted molar refractivity (Wildman–Crippen MR) is 119 cm³/mol. The van der Waals surface area contributed by atoms with Crippen LogP contribution >= 0.6 is 58.1 Å². The fraction of sp³-hybridized carbons (Fsp3) is 0.467. The Kier molecular flexibility index (Phi) is 8.70. The van der Waals surface area contributed by atoms with Gasteiger partial charge >= 0.3 is 5.97 Å². The van der Waals surface area contributed by atoms with Crippen molar-refractivity contribution in [3.8, 4) is 0 Å². The fourth-order valence-corrected chi connectivity index (χ4v) is 6.20. The van der Waals surface area contributed by atoms with E-state index in [2.05, 4.69) is 31.0 Å². The van der Waals surface area contributed by atoms with Crippen LogP contribution in [0.15, 0.2) is 21.9 Å². The normalized spacial score (nSPS) is 19.6. The molecule has 0 aromatic carbocycles. The van der Waals surface area contributed by atoms with Gasteiger partial charge in [0.25, 0.3) is 5.91 Å². The van der Waals surface area contributed by atoms with Crippen LogP contribution in [0.5, 0.6) is 0 Å². The number of aliphatic carboxylic acids is 1. The Balaban J connectivity index is 0.000000913. The van der Waals surface area contributed by atoms with E-state index in [1.165, 1.54) is 50.8 Å². The number of tetrazole rings is 1. The molecule has 0 radical (unpaired) electrons. The zero-order chi connectivity index (χ0) is 23.3. The average Bonchev–Trinajstić information content (AvgIpc) is 3.41. The molecule has 0 aliphatic carbocycles. The first-order valence-electron chi connectivity index (χ1n) is 8.80. The lowest BCUT2D eigenvalue weighted by molar-refractivity contribution is -0.150. The molecule has 0 saturated carbocycles. The van der Waals surface area contributed by atoms with Gasteiger partial charge in [-0.25, -0.2) is 9.48 Å². The molecule has 2 amide bonds. The number of hydrogen-bond acceptors (Lipinski definition) is 11. The molecule has 0 unspecified atom stereocenters. The largest absolute Gasteiger partial charge is 0.477 e. The van der Waals surface area contributed by atoms with Gasteiger partial charge in [0.1, 0.15) is 35.0 Å². The van der Waals surface area contributed by atoms with Gasteiger partial charge in [-0.05, 0) is 22.9 Å². The molecule has 4 heterocycles. The minimum Gasteiger partial charge on any atom is -0.477 e. The lowest BCUT2D eigenvalue weighted by Gasteiger charge is -2.49. The Bertz CT molecular complexity index is 1020. The molecule has 2 aromatic heterocycles. The number of rotatable bonds is 7. The average molecular weight is 539 g/mol. The van der Waals surface area contributed by atoms with E-state index in [-0.39, 0.29) is 17.6 Å². The molecule has 12 nitrogen and oxygen atoms in total. The third-order valence-corrected chi connectivity index (χ3v) is 7.54. The third kappa shape index (κ3) is 5.70. The van der Waals surface area contributed by atoms with Crippen molar-refractivity contribution in [2.75, 3.05) is 16.8 Å². The third-order valence-electron chi connectivity index (χ3n) is 4.14. The quantitative estimate of drug-likeness (QED) is 0.291. The number of nitrogens with zero attached hydrogens (tertiary/aromatic N) is 7. The molecule has 1 fully saturated rings. The van der Waals surface area contributed by atoms with Gasteiger partial charge in [-0.15, -0.1) is 50.3 Å². The molecule has 172 valence electrons. The minimum absolute atomic E-state index is 0.0153. The van der Waals surface area contributed by atoms with E-state index >= 15 is 0 Å². The summed E-state index contributed by atoms with van der Waals surface area (Å²) in [6.07, 6.45) is 1.29. The standard InChI is InChI=1S/C14H14N8O4S3.CH2Cl2/c1-6-17-18-14(29-6)28-4-7-3-27-12-9(11(24)22(12)10(7)13(25)26)16-8(23)2-21-5-15-19-20-21;2-1-3/h5,9,12H,2-4H2,1H3,(H,16,23)(H,25,26);1H2/t9-,12-;/m1./s1. The number of carboxylic acid groups (broad SMARTS) is 1.